The van der Waals surface area contributed by atoms with Crippen molar-refractivity contribution < 1.29 is 5.11 Å². The van der Waals surface area contributed by atoms with Gasteiger partial charge in [-0.05, 0) is 44.0 Å². The molecule has 1 rings (SSSR count). The van der Waals surface area contributed by atoms with Gasteiger partial charge >= 0.3 is 0 Å². The predicted molar refractivity (Wildman–Crippen MR) is 79.5 cm³/mol. The van der Waals surface area contributed by atoms with E-state index < -0.39 is 0 Å². The Balaban J connectivity index is 2.55. The molecule has 3 heteroatoms. The summed E-state index contributed by atoms with van der Waals surface area (Å²) >= 11 is 3.44. The molecule has 2 N–H and O–H groups in total. The Bertz CT molecular complexity index is 411. The van der Waals surface area contributed by atoms with Crippen LogP contribution in [-0.2, 0) is 0 Å². The largest absolute Gasteiger partial charge is 0.508 e. The molecule has 0 amide bonds. The lowest BCUT2D eigenvalue weighted by molar-refractivity contribution is 0.438. The Morgan fingerprint density at radius 3 is 2.89 bits per heavy atom. The van der Waals surface area contributed by atoms with Gasteiger partial charge in [-0.25, -0.2) is 0 Å². The number of halogens is 1. The van der Waals surface area contributed by atoms with Crippen LogP contribution in [0.1, 0.15) is 44.2 Å². The average Bonchev–Trinajstić information content (AvgIpc) is 2.37. The van der Waals surface area contributed by atoms with E-state index in [4.69, 9.17) is 6.42 Å². The van der Waals surface area contributed by atoms with E-state index in [1.807, 2.05) is 12.1 Å². The van der Waals surface area contributed by atoms with E-state index in [2.05, 4.69) is 34.1 Å². The highest BCUT2D eigenvalue weighted by Crippen LogP contribution is 2.29. The van der Waals surface area contributed by atoms with Crippen LogP contribution in [-0.4, -0.2) is 11.7 Å². The van der Waals surface area contributed by atoms with Gasteiger partial charge in [0.2, 0.25) is 0 Å². The van der Waals surface area contributed by atoms with E-state index in [0.29, 0.717) is 5.75 Å². The number of unbranched alkanes of at least 4 members (excludes halogenated alkanes) is 2. The first-order valence-electron chi connectivity index (χ1n) is 6.34. The predicted octanol–water partition coefficient (Wildman–Crippen LogP) is 4.00. The van der Waals surface area contributed by atoms with E-state index in [9.17, 15) is 5.11 Å². The number of phenolic OH excluding ortho intramolecular Hbond substituents is 1. The van der Waals surface area contributed by atoms with E-state index >= 15 is 0 Å². The lowest BCUT2D eigenvalue weighted by atomic mass is 10.0. The van der Waals surface area contributed by atoms with Crippen molar-refractivity contribution in [3.8, 4) is 18.1 Å². The molecule has 18 heavy (non-hydrogen) atoms. The molecule has 0 fully saturated rings. The number of hydrogen-bond acceptors (Lipinski definition) is 2. The summed E-state index contributed by atoms with van der Waals surface area (Å²) in [6, 6.07) is 5.73. The molecule has 0 aliphatic heterocycles. The fourth-order valence-electron chi connectivity index (χ4n) is 1.91. The van der Waals surface area contributed by atoms with Gasteiger partial charge in [-0.15, -0.1) is 12.3 Å². The van der Waals surface area contributed by atoms with Gasteiger partial charge < -0.3 is 10.4 Å². The molecule has 0 heterocycles. The average molecular weight is 310 g/mol. The van der Waals surface area contributed by atoms with Crippen LogP contribution in [0.2, 0.25) is 0 Å². The molecule has 0 spiro atoms. The molecule has 1 aromatic carbocycles. The molecule has 98 valence electrons. The summed E-state index contributed by atoms with van der Waals surface area (Å²) in [5.41, 5.74) is 0.948. The smallest absolute Gasteiger partial charge is 0.120 e. The summed E-state index contributed by atoms with van der Waals surface area (Å²) in [6.45, 7) is 3.03. The van der Waals surface area contributed by atoms with Crippen LogP contribution < -0.4 is 5.32 Å². The Hall–Kier alpha value is -0.980. The van der Waals surface area contributed by atoms with Gasteiger partial charge in [0.05, 0.1) is 0 Å². The molecule has 0 aromatic heterocycles. The first-order valence-corrected chi connectivity index (χ1v) is 7.13. The minimum Gasteiger partial charge on any atom is -0.508 e. The molecule has 0 aliphatic carbocycles. The molecule has 1 aromatic rings. The maximum atomic E-state index is 9.89. The molecule has 1 unspecified atom stereocenters. The van der Waals surface area contributed by atoms with Crippen molar-refractivity contribution >= 4 is 15.9 Å². The summed E-state index contributed by atoms with van der Waals surface area (Å²) in [7, 11) is 0. The van der Waals surface area contributed by atoms with Crippen molar-refractivity contribution in [2.75, 3.05) is 6.54 Å². The first kappa shape index (κ1) is 15.1. The van der Waals surface area contributed by atoms with Crippen LogP contribution >= 0.6 is 15.9 Å². The van der Waals surface area contributed by atoms with Crippen LogP contribution in [0.5, 0.6) is 5.75 Å². The molecular formula is C15H20BrNO. The van der Waals surface area contributed by atoms with Gasteiger partial charge in [0.15, 0.2) is 0 Å². The van der Waals surface area contributed by atoms with Crippen molar-refractivity contribution in [2.45, 2.75) is 38.6 Å². The second-order valence-electron chi connectivity index (χ2n) is 4.28. The molecule has 1 atom stereocenters. The van der Waals surface area contributed by atoms with Crippen LogP contribution in [0, 0.1) is 12.3 Å². The first-order chi connectivity index (χ1) is 8.69. The number of hydrogen-bond donors (Lipinski definition) is 2. The molecule has 0 saturated carbocycles. The molecular weight excluding hydrogens is 290 g/mol. The van der Waals surface area contributed by atoms with Crippen LogP contribution in [0.15, 0.2) is 22.7 Å². The fourth-order valence-corrected chi connectivity index (χ4v) is 2.29. The van der Waals surface area contributed by atoms with Crippen molar-refractivity contribution in [1.29, 1.82) is 0 Å². The number of aromatic hydroxyl groups is 1. The van der Waals surface area contributed by atoms with E-state index in [1.54, 1.807) is 6.07 Å². The molecule has 2 nitrogen and oxygen atoms in total. The maximum Gasteiger partial charge on any atom is 0.120 e. The van der Waals surface area contributed by atoms with Gasteiger partial charge in [0, 0.05) is 22.5 Å². The fraction of sp³-hybridized carbons (Fsp3) is 0.467. The number of phenols is 1. The van der Waals surface area contributed by atoms with Crippen molar-refractivity contribution in [2.24, 2.45) is 0 Å². The topological polar surface area (TPSA) is 32.3 Å². The minimum absolute atomic E-state index is 0.188. The third-order valence-corrected chi connectivity index (χ3v) is 3.41. The number of benzene rings is 1. The van der Waals surface area contributed by atoms with Gasteiger partial charge in [0.25, 0.3) is 0 Å². The number of nitrogens with one attached hydrogen (secondary N) is 1. The van der Waals surface area contributed by atoms with E-state index in [-0.39, 0.29) is 6.04 Å². The summed E-state index contributed by atoms with van der Waals surface area (Å²) in [5, 5.41) is 13.4. The van der Waals surface area contributed by atoms with Crippen molar-refractivity contribution in [3.05, 3.63) is 28.2 Å². The third kappa shape index (κ3) is 4.72. The van der Waals surface area contributed by atoms with Crippen molar-refractivity contribution in [1.82, 2.24) is 5.32 Å². The van der Waals surface area contributed by atoms with Gasteiger partial charge in [0.1, 0.15) is 5.75 Å². The zero-order valence-electron chi connectivity index (χ0n) is 10.7. The third-order valence-electron chi connectivity index (χ3n) is 2.91. The zero-order chi connectivity index (χ0) is 13.4. The lowest BCUT2D eigenvalue weighted by Crippen LogP contribution is -2.22. The maximum absolute atomic E-state index is 9.89. The monoisotopic (exact) mass is 309 g/mol. The standard InChI is InChI=1S/C15H20BrNO/c1-3-5-6-7-10-17-14(4-2)13-11-12(16)8-9-15(13)18/h1,8-9,11,14,17-18H,4-7,10H2,2H3. The Morgan fingerprint density at radius 2 is 2.22 bits per heavy atom. The second kappa shape index (κ2) is 8.18. The van der Waals surface area contributed by atoms with Gasteiger partial charge in [-0.3, -0.25) is 0 Å². The van der Waals surface area contributed by atoms with Crippen LogP contribution in [0.4, 0.5) is 0 Å². The summed E-state index contributed by atoms with van der Waals surface area (Å²) in [4.78, 5) is 0. The van der Waals surface area contributed by atoms with Crippen LogP contribution in [0.25, 0.3) is 0 Å². The number of terminal acetylenes is 1. The molecule has 0 radical (unpaired) electrons. The Labute approximate surface area is 118 Å². The zero-order valence-corrected chi connectivity index (χ0v) is 12.3. The van der Waals surface area contributed by atoms with E-state index in [0.717, 1.165) is 42.3 Å². The normalized spacial score (nSPS) is 12.1. The highest BCUT2D eigenvalue weighted by atomic mass is 79.9. The minimum atomic E-state index is 0.188. The van der Waals surface area contributed by atoms with Crippen molar-refractivity contribution in [3.63, 3.8) is 0 Å². The lowest BCUT2D eigenvalue weighted by Gasteiger charge is -2.18. The summed E-state index contributed by atoms with van der Waals surface area (Å²) < 4.78 is 0.989. The Kier molecular flexibility index (Phi) is 6.85. The van der Waals surface area contributed by atoms with Gasteiger partial charge in [-0.2, -0.15) is 0 Å². The number of rotatable bonds is 7. The second-order valence-corrected chi connectivity index (χ2v) is 5.20. The SMILES string of the molecule is C#CCCCCNC(CC)c1cc(Br)ccc1O. The molecule has 0 bridgehead atoms. The Morgan fingerprint density at radius 1 is 1.44 bits per heavy atom. The summed E-state index contributed by atoms with van der Waals surface area (Å²) in [6.07, 6.45) is 9.10. The highest BCUT2D eigenvalue weighted by molar-refractivity contribution is 9.10. The molecule has 0 aliphatic rings. The highest BCUT2D eigenvalue weighted by Gasteiger charge is 2.12. The van der Waals surface area contributed by atoms with Crippen LogP contribution in [0.3, 0.4) is 0 Å². The summed E-state index contributed by atoms with van der Waals surface area (Å²) in [5.74, 6) is 2.99. The molecule has 0 saturated heterocycles. The van der Waals surface area contributed by atoms with Gasteiger partial charge in [-0.1, -0.05) is 22.9 Å². The van der Waals surface area contributed by atoms with E-state index in [1.165, 1.54) is 0 Å². The quantitative estimate of drug-likeness (QED) is 0.589.